The van der Waals surface area contributed by atoms with Crippen molar-refractivity contribution in [1.29, 1.82) is 0 Å². The van der Waals surface area contributed by atoms with E-state index in [0.717, 1.165) is 0 Å². The molecule has 20 heavy (non-hydrogen) atoms. The Bertz CT molecular complexity index is 378. The Hall–Kier alpha value is -1.06. The highest BCUT2D eigenvalue weighted by Crippen LogP contribution is 2.34. The number of carbonyl (C=O) groups excluding carboxylic acids is 2. The zero-order valence-corrected chi connectivity index (χ0v) is 14.0. The van der Waals surface area contributed by atoms with Crippen LogP contribution < -0.4 is 5.32 Å². The third-order valence-corrected chi connectivity index (χ3v) is 4.31. The van der Waals surface area contributed by atoms with Gasteiger partial charge in [-0.3, -0.25) is 9.59 Å². The van der Waals surface area contributed by atoms with E-state index in [9.17, 15) is 9.59 Å². The molecule has 4 nitrogen and oxygen atoms in total. The second kappa shape index (κ2) is 5.74. The Morgan fingerprint density at radius 1 is 1.20 bits per heavy atom. The largest absolute Gasteiger partial charge is 0.342 e. The van der Waals surface area contributed by atoms with E-state index in [-0.39, 0.29) is 17.2 Å². The van der Waals surface area contributed by atoms with Crippen LogP contribution in [0, 0.1) is 11.3 Å². The van der Waals surface area contributed by atoms with Gasteiger partial charge in [0, 0.05) is 6.54 Å². The molecule has 1 heterocycles. The summed E-state index contributed by atoms with van der Waals surface area (Å²) in [6.07, 6.45) is 1.31. The average Bonchev–Trinajstić information content (AvgIpc) is 2.33. The molecule has 0 aliphatic carbocycles. The topological polar surface area (TPSA) is 49.4 Å². The molecule has 4 heteroatoms. The Kier molecular flexibility index (Phi) is 4.88. The van der Waals surface area contributed by atoms with Gasteiger partial charge < -0.3 is 10.2 Å². The molecule has 0 bridgehead atoms. The molecule has 1 atom stereocenters. The molecule has 1 aliphatic rings. The molecule has 0 aromatic rings. The number of hydrogen-bond acceptors (Lipinski definition) is 2. The zero-order chi connectivity index (χ0) is 15.7. The van der Waals surface area contributed by atoms with Crippen molar-refractivity contribution in [3.05, 3.63) is 0 Å². The van der Waals surface area contributed by atoms with Crippen molar-refractivity contribution < 1.29 is 9.59 Å². The summed E-state index contributed by atoms with van der Waals surface area (Å²) in [7, 11) is 0. The van der Waals surface area contributed by atoms with E-state index in [1.807, 2.05) is 39.5 Å². The molecule has 1 aliphatic heterocycles. The van der Waals surface area contributed by atoms with Crippen molar-refractivity contribution in [2.75, 3.05) is 6.54 Å². The van der Waals surface area contributed by atoms with Gasteiger partial charge in [0.15, 0.2) is 0 Å². The molecule has 1 N–H and O–H groups in total. The average molecular weight is 282 g/mol. The van der Waals surface area contributed by atoms with Crippen LogP contribution in [0.3, 0.4) is 0 Å². The first-order chi connectivity index (χ1) is 9.10. The molecule has 0 aromatic carbocycles. The second-order valence-corrected chi connectivity index (χ2v) is 7.35. The van der Waals surface area contributed by atoms with Crippen LogP contribution in [0.2, 0.25) is 0 Å². The van der Waals surface area contributed by atoms with E-state index in [4.69, 9.17) is 0 Å². The van der Waals surface area contributed by atoms with Crippen LogP contribution in [0.4, 0.5) is 0 Å². The number of hydrogen-bond donors (Lipinski definition) is 1. The van der Waals surface area contributed by atoms with Crippen molar-refractivity contribution in [3.63, 3.8) is 0 Å². The van der Waals surface area contributed by atoms with Crippen molar-refractivity contribution in [2.24, 2.45) is 11.3 Å². The second-order valence-electron chi connectivity index (χ2n) is 7.35. The summed E-state index contributed by atoms with van der Waals surface area (Å²) in [6.45, 7) is 14.8. The van der Waals surface area contributed by atoms with Gasteiger partial charge in [-0.2, -0.15) is 0 Å². The van der Waals surface area contributed by atoms with Crippen LogP contribution in [0.15, 0.2) is 0 Å². The van der Waals surface area contributed by atoms with E-state index < -0.39 is 11.6 Å². The summed E-state index contributed by atoms with van der Waals surface area (Å²) in [5.41, 5.74) is -0.946. The molecule has 2 amide bonds. The molecule has 0 saturated carbocycles. The number of carbonyl (C=O) groups is 2. The maximum atomic E-state index is 12.9. The minimum atomic E-state index is -0.677. The van der Waals surface area contributed by atoms with Gasteiger partial charge in [0.25, 0.3) is 0 Å². The Morgan fingerprint density at radius 2 is 1.70 bits per heavy atom. The van der Waals surface area contributed by atoms with E-state index in [0.29, 0.717) is 25.3 Å². The van der Waals surface area contributed by atoms with Gasteiger partial charge in [-0.05, 0) is 24.2 Å². The third kappa shape index (κ3) is 2.84. The summed E-state index contributed by atoms with van der Waals surface area (Å²) in [5, 5.41) is 2.97. The number of piperazine rings is 1. The number of nitrogens with one attached hydrogen (secondary N) is 1. The normalized spacial score (nSPS) is 23.2. The summed E-state index contributed by atoms with van der Waals surface area (Å²) < 4.78 is 0. The summed E-state index contributed by atoms with van der Waals surface area (Å²) in [6, 6.07) is -0.431. The highest BCUT2D eigenvalue weighted by atomic mass is 16.2. The Balaban J connectivity index is 3.24. The van der Waals surface area contributed by atoms with Crippen LogP contribution in [0.1, 0.15) is 61.3 Å². The van der Waals surface area contributed by atoms with E-state index in [1.165, 1.54) is 0 Å². The van der Waals surface area contributed by atoms with Crippen LogP contribution in [-0.4, -0.2) is 34.8 Å². The molecule has 1 rings (SSSR count). The first-order valence-corrected chi connectivity index (χ1v) is 7.72. The third-order valence-electron chi connectivity index (χ3n) is 4.31. The van der Waals surface area contributed by atoms with Gasteiger partial charge in [-0.15, -0.1) is 0 Å². The van der Waals surface area contributed by atoms with Gasteiger partial charge in [0.2, 0.25) is 11.8 Å². The zero-order valence-electron chi connectivity index (χ0n) is 14.0. The van der Waals surface area contributed by atoms with Crippen LogP contribution in [0.5, 0.6) is 0 Å². The molecule has 1 saturated heterocycles. The molecule has 0 aromatic heterocycles. The van der Waals surface area contributed by atoms with Crippen LogP contribution >= 0.6 is 0 Å². The predicted octanol–water partition coefficient (Wildman–Crippen LogP) is 2.57. The van der Waals surface area contributed by atoms with Crippen LogP contribution in [-0.2, 0) is 9.59 Å². The lowest BCUT2D eigenvalue weighted by Crippen LogP contribution is -2.72. The fraction of sp³-hybridized carbons (Fsp3) is 0.875. The highest BCUT2D eigenvalue weighted by molar-refractivity contribution is 6.00. The van der Waals surface area contributed by atoms with Crippen molar-refractivity contribution >= 4 is 11.8 Å². The fourth-order valence-corrected chi connectivity index (χ4v) is 2.99. The number of nitrogens with zero attached hydrogens (tertiary/aromatic N) is 1. The standard InChI is InChI=1S/C16H30N2O2/c1-8-16(9-2)14(20)17-12(15(5,6)7)13(19)18(16)10-11(3)4/h11-12H,8-10H2,1-7H3,(H,17,20). The van der Waals surface area contributed by atoms with E-state index >= 15 is 0 Å². The minimum absolute atomic E-state index is 0.00248. The lowest BCUT2D eigenvalue weighted by atomic mass is 9.78. The highest BCUT2D eigenvalue weighted by Gasteiger charge is 2.52. The maximum absolute atomic E-state index is 12.9. The maximum Gasteiger partial charge on any atom is 0.246 e. The molecule has 0 spiro atoms. The SMILES string of the molecule is CCC1(CC)C(=O)NC(C(C)(C)C)C(=O)N1CC(C)C. The lowest BCUT2D eigenvalue weighted by molar-refractivity contribution is -0.162. The Morgan fingerprint density at radius 3 is 2.05 bits per heavy atom. The van der Waals surface area contributed by atoms with E-state index in [2.05, 4.69) is 19.2 Å². The minimum Gasteiger partial charge on any atom is -0.342 e. The summed E-state index contributed by atoms with van der Waals surface area (Å²) in [4.78, 5) is 27.4. The van der Waals surface area contributed by atoms with Gasteiger partial charge in [-0.1, -0.05) is 48.5 Å². The molecule has 116 valence electrons. The fourth-order valence-electron chi connectivity index (χ4n) is 2.99. The molecule has 0 radical (unpaired) electrons. The van der Waals surface area contributed by atoms with Crippen molar-refractivity contribution in [3.8, 4) is 0 Å². The van der Waals surface area contributed by atoms with Crippen molar-refractivity contribution in [2.45, 2.75) is 72.9 Å². The molecule has 1 unspecified atom stereocenters. The first-order valence-electron chi connectivity index (χ1n) is 7.72. The number of amides is 2. The Labute approximate surface area is 123 Å². The molecule has 1 fully saturated rings. The van der Waals surface area contributed by atoms with Gasteiger partial charge in [0.05, 0.1) is 0 Å². The van der Waals surface area contributed by atoms with Gasteiger partial charge in [0.1, 0.15) is 11.6 Å². The van der Waals surface area contributed by atoms with Gasteiger partial charge in [-0.25, -0.2) is 0 Å². The summed E-state index contributed by atoms with van der Waals surface area (Å²) in [5.74, 6) is 0.417. The van der Waals surface area contributed by atoms with Crippen LogP contribution in [0.25, 0.3) is 0 Å². The van der Waals surface area contributed by atoms with Crippen molar-refractivity contribution in [1.82, 2.24) is 10.2 Å². The smallest absolute Gasteiger partial charge is 0.246 e. The lowest BCUT2D eigenvalue weighted by Gasteiger charge is -2.50. The first kappa shape index (κ1) is 17.0. The summed E-state index contributed by atoms with van der Waals surface area (Å²) >= 11 is 0. The predicted molar refractivity (Wildman–Crippen MR) is 81.2 cm³/mol. The quantitative estimate of drug-likeness (QED) is 0.861. The number of rotatable bonds is 4. The van der Waals surface area contributed by atoms with E-state index in [1.54, 1.807) is 0 Å². The molecular weight excluding hydrogens is 252 g/mol. The monoisotopic (exact) mass is 282 g/mol. The van der Waals surface area contributed by atoms with Gasteiger partial charge >= 0.3 is 0 Å². The molecular formula is C16H30N2O2.